The van der Waals surface area contributed by atoms with Crippen LogP contribution in [-0.4, -0.2) is 313 Å². The van der Waals surface area contributed by atoms with Crippen molar-refractivity contribution in [1.29, 1.82) is 0 Å². The van der Waals surface area contributed by atoms with Gasteiger partial charge in [-0.2, -0.15) is 0 Å². The van der Waals surface area contributed by atoms with Gasteiger partial charge >= 0.3 is 47.8 Å². The van der Waals surface area contributed by atoms with Crippen molar-refractivity contribution in [2.75, 3.05) is 92.5 Å². The van der Waals surface area contributed by atoms with Crippen LogP contribution in [-0.2, 0) is 85.5 Å². The van der Waals surface area contributed by atoms with Crippen molar-refractivity contribution < 1.29 is 178 Å². The topological polar surface area (TPSA) is 566 Å². The summed E-state index contributed by atoms with van der Waals surface area (Å²) in [4.78, 5) is 136. The molecule has 44 nitrogen and oxygen atoms in total. The zero-order valence-corrected chi connectivity index (χ0v) is 80.6. The predicted octanol–water partition coefficient (Wildman–Crippen LogP) is 10.1. The van der Waals surface area contributed by atoms with Crippen molar-refractivity contribution in [2.45, 2.75) is 201 Å². The van der Waals surface area contributed by atoms with Gasteiger partial charge in [0.1, 0.15) is 130 Å². The van der Waals surface area contributed by atoms with Gasteiger partial charge in [0.05, 0.1) is 109 Å². The molecule has 0 aliphatic carbocycles. The smallest absolute Gasteiger partial charge is 0.342 e. The van der Waals surface area contributed by atoms with E-state index in [0.29, 0.717) is 77.2 Å². The summed E-state index contributed by atoms with van der Waals surface area (Å²) in [5.41, 5.74) is 2.28. The molecule has 776 valence electrons. The molecule has 10 saturated heterocycles. The molecule has 10 aliphatic heterocycles. The van der Waals surface area contributed by atoms with E-state index in [2.05, 4.69) is 52.3 Å². The summed E-state index contributed by atoms with van der Waals surface area (Å²) in [6.07, 6.45) is 5.00. The molecule has 45 heteroatoms. The number of aromatic carboxylic acids is 2. The van der Waals surface area contributed by atoms with E-state index in [0.717, 1.165) is 51.4 Å². The maximum atomic E-state index is 12.8. The van der Waals surface area contributed by atoms with E-state index in [1.807, 2.05) is 12.1 Å². The zero-order chi connectivity index (χ0) is 102. The number of hydrogen-bond acceptors (Lipinski definition) is 40. The number of phenolic OH excluding ortho intramolecular Hbond substituents is 1. The number of aromatic hydroxyl groups is 1. The van der Waals surface area contributed by atoms with Crippen LogP contribution in [0.4, 0.5) is 0 Å². The van der Waals surface area contributed by atoms with Gasteiger partial charge in [-0.1, -0.05) is 114 Å². The maximum Gasteiger partial charge on any atom is 0.342 e. The number of carboxylic acids is 2. The second-order valence-corrected chi connectivity index (χ2v) is 33.2. The van der Waals surface area contributed by atoms with E-state index in [4.69, 9.17) is 105 Å². The molecular formula is C99H114BrN5O39. The van der Waals surface area contributed by atoms with Gasteiger partial charge in [-0.15, -0.1) is 37.2 Å². The zero-order valence-electron chi connectivity index (χ0n) is 78.8. The first-order valence-electron chi connectivity index (χ1n) is 46.6. The third kappa shape index (κ3) is 31.1. The molecule has 144 heavy (non-hydrogen) atoms. The molecule has 8 aromatic rings. The Kier molecular flexibility index (Phi) is 43.7. The molecule has 20 atom stereocenters. The van der Waals surface area contributed by atoms with Gasteiger partial charge < -0.3 is 130 Å². The molecule has 0 radical (unpaired) electrons. The normalized spacial score (nSPS) is 25.2. The number of halogens is 1. The second kappa shape index (κ2) is 56.7. The number of para-hydroxylation sites is 5. The number of nitrogens with zero attached hydrogens (tertiary/aromatic N) is 5. The highest BCUT2D eigenvalue weighted by Gasteiger charge is 2.56. The van der Waals surface area contributed by atoms with Crippen LogP contribution >= 0.6 is 17.0 Å². The van der Waals surface area contributed by atoms with Crippen LogP contribution in [0.3, 0.4) is 0 Å². The van der Waals surface area contributed by atoms with Crippen LogP contribution in [0.25, 0.3) is 0 Å². The lowest BCUT2D eigenvalue weighted by atomic mass is 10.1. The van der Waals surface area contributed by atoms with Crippen molar-refractivity contribution in [3.63, 3.8) is 0 Å². The first-order valence-corrected chi connectivity index (χ1v) is 46.6. The number of rotatable bonds is 34. The van der Waals surface area contributed by atoms with Gasteiger partial charge in [0.25, 0.3) is 10.2 Å². The van der Waals surface area contributed by atoms with Crippen molar-refractivity contribution in [1.82, 2.24) is 15.0 Å². The van der Waals surface area contributed by atoms with Crippen LogP contribution in [0.15, 0.2) is 195 Å². The Bertz CT molecular complexity index is 5450. The van der Waals surface area contributed by atoms with Crippen molar-refractivity contribution >= 4 is 64.7 Å². The summed E-state index contributed by atoms with van der Waals surface area (Å²) < 4.78 is 110. The van der Waals surface area contributed by atoms with Crippen LogP contribution in [0.2, 0.25) is 0 Å². The number of carbonyl (C=O) groups excluding carboxylic acids is 6. The SMILES string of the molecule is Br.CCCCOc1ccccc1C(=O)O.CCCCOc1ccccc1C(=O)O[C@H]1CO[C@H]2[C@@H]1OC[C@H]2O.CCCCOc1ccccc1C(=O)O[C@H]1CO[C@H]2[C@@H]1OC[C@H]2OC(=O)c1cccnc1.CCCCOc1ccccc1C(=O)O[C@H]1CO[C@H]2[C@@H]1OC[C@H]2O[N+](=O)[O-].O=C(O)c1cccnc1.O=C(O[C@@H]1CO[C@H]2[C@@H]1OC[C@@H]2OC(=O)c1ccccc1O)c1cccnc1.O=[N+]([O-])O[C@@H]1CO[C@H]2[C@@H]1OC[C@@H]2O. The Morgan fingerprint density at radius 2 is 0.556 bits per heavy atom. The standard InChI is InChI=1S/C23H25NO7.C19H17NO7.C17H21NO8.C17H22O6.C11H14O3.C6H9NO6.C6H5NO2.BrH/c1-2-3-11-27-17-9-5-4-8-16(17)23(26)31-19-14-29-20-18(13-28-21(19)20)30-22(25)15-7-6-10-24-12-15;21-13-6-2-1-5-12(13)19(23)27-15-10-25-16-14(9-24-17(15)16)26-18(22)11-4-3-7-20-8-11;1-2-3-8-22-12-7-5-4-6-11(12)17(19)25-13-9-23-16-14(26-18(20)21)10-24-15(13)16;1-2-3-8-20-13-7-5-4-6-11(13)17(19)23-14-10-22-15-12(18)9-21-16(14)15;1-2-3-8-14-10-7-5-4-6-9(10)11(12)13;8-3-1-11-6-4(13-7(9)10)2-12-5(3)6;8-6(9)5-2-1-3-7-4-5;/h4-10,12,18-21H,2-3,11,13-14H2,1H3;1-8,14-17,21H,9-10H2;4-7,13-16H,2-3,8-10H2,1H3;4-7,12,14-16,18H,2-3,8-10H2,1H3;4-7H,2-3,8H2,1H3,(H,12,13);3-6,8H,1-2H2;1-4H,(H,8,9);1H/t18-,19+,20-,21-;14-,15+,16-,17-;13-,14+,15+,16+;12-,14+,15-,16-;;3-,4+,5+,6+;;/m1101.0../s1. The predicted molar refractivity (Wildman–Crippen MR) is 501 cm³/mol. The van der Waals surface area contributed by atoms with Gasteiger partial charge in [0, 0.05) is 37.2 Å². The number of aromatic nitrogens is 3. The molecule has 10 aliphatic rings. The number of carboxylic acid groups (broad SMARTS) is 2. The molecule has 13 heterocycles. The van der Waals surface area contributed by atoms with Crippen LogP contribution in [0.1, 0.15) is 162 Å². The lowest BCUT2D eigenvalue weighted by Crippen LogP contribution is -2.36. The van der Waals surface area contributed by atoms with Gasteiger partial charge in [-0.3, -0.25) is 15.0 Å². The number of benzene rings is 5. The van der Waals surface area contributed by atoms with Gasteiger partial charge in [0.2, 0.25) is 0 Å². The molecule has 0 saturated carbocycles. The highest BCUT2D eigenvalue weighted by Crippen LogP contribution is 2.38. The van der Waals surface area contributed by atoms with Gasteiger partial charge in [0.15, 0.2) is 48.8 Å². The van der Waals surface area contributed by atoms with Crippen molar-refractivity contribution in [2.24, 2.45) is 0 Å². The van der Waals surface area contributed by atoms with Gasteiger partial charge in [-0.25, -0.2) is 38.4 Å². The number of pyridine rings is 3. The number of hydrogen-bond donors (Lipinski definition) is 5. The maximum absolute atomic E-state index is 12.8. The Morgan fingerprint density at radius 3 is 0.840 bits per heavy atom. The average Bonchev–Trinajstić information content (AvgIpc) is 1.64. The highest BCUT2D eigenvalue weighted by atomic mass is 79.9. The molecule has 0 amide bonds. The number of aliphatic hydroxyl groups is 2. The molecule has 5 N–H and O–H groups in total. The van der Waals surface area contributed by atoms with Crippen LogP contribution in [0.5, 0.6) is 28.7 Å². The molecular weight excluding hydrogens is 1960 g/mol. The number of fused-ring (bicyclic) bond motifs is 5. The lowest BCUT2D eigenvalue weighted by molar-refractivity contribution is -0.769. The third-order valence-electron chi connectivity index (χ3n) is 23.1. The summed E-state index contributed by atoms with van der Waals surface area (Å²) in [5, 5.41) is 64.8. The van der Waals surface area contributed by atoms with Crippen molar-refractivity contribution in [3.8, 4) is 28.7 Å². The van der Waals surface area contributed by atoms with E-state index < -0.39 is 180 Å². The minimum Gasteiger partial charge on any atom is -0.507 e. The van der Waals surface area contributed by atoms with Gasteiger partial charge in [-0.05, 0) is 123 Å². The molecule has 18 rings (SSSR count). The highest BCUT2D eigenvalue weighted by molar-refractivity contribution is 8.93. The second-order valence-electron chi connectivity index (χ2n) is 33.2. The quantitative estimate of drug-likeness (QED) is 0.00822. The number of esters is 6. The number of unbranched alkanes of at least 4 members (excludes halogenated alkanes) is 4. The van der Waals surface area contributed by atoms with Crippen LogP contribution < -0.4 is 18.9 Å². The third-order valence-corrected chi connectivity index (χ3v) is 23.1. The summed E-state index contributed by atoms with van der Waals surface area (Å²) in [6, 6.07) is 43.3. The fraction of sp³-hybridized carbons (Fsp3) is 0.465. The van der Waals surface area contributed by atoms with Crippen molar-refractivity contribution in [3.05, 3.63) is 260 Å². The van der Waals surface area contributed by atoms with E-state index in [-0.39, 0.29) is 105 Å². The molecule has 0 unspecified atom stereocenters. The molecule has 10 fully saturated rings. The Labute approximate surface area is 836 Å². The number of aliphatic hydroxyl groups excluding tert-OH is 2. The minimum atomic E-state index is -0.947. The average molecular weight is 2080 g/mol. The fourth-order valence-electron chi connectivity index (χ4n) is 15.9. The van der Waals surface area contributed by atoms with Crippen LogP contribution in [0, 0.1) is 20.2 Å². The summed E-state index contributed by atoms with van der Waals surface area (Å²) in [5.74, 6) is -3.31. The molecule has 3 aromatic heterocycles. The molecule has 0 spiro atoms. The number of phenols is 1. The lowest BCUT2D eigenvalue weighted by Gasteiger charge is -2.18. The summed E-state index contributed by atoms with van der Waals surface area (Å²) in [7, 11) is 0. The van der Waals surface area contributed by atoms with E-state index in [9.17, 15) is 73.9 Å². The Balaban J connectivity index is 0.000000165. The first kappa shape index (κ1) is 111. The summed E-state index contributed by atoms with van der Waals surface area (Å²) >= 11 is 0. The largest absolute Gasteiger partial charge is 0.507 e. The molecule has 5 aromatic carbocycles. The number of ether oxygens (including phenoxy) is 20. The monoisotopic (exact) mass is 2080 g/mol. The Hall–Kier alpha value is -13.3. The first-order chi connectivity index (χ1) is 69.3. The number of carbonyl (C=O) groups is 8. The summed E-state index contributed by atoms with van der Waals surface area (Å²) in [6.45, 7) is 11.8. The van der Waals surface area contributed by atoms with E-state index in [1.54, 1.807) is 140 Å². The van der Waals surface area contributed by atoms with E-state index in [1.165, 1.54) is 43.0 Å². The minimum absolute atomic E-state index is 0. The van der Waals surface area contributed by atoms with E-state index >= 15 is 0 Å². The fourth-order valence-corrected chi connectivity index (χ4v) is 15.9. The Morgan fingerprint density at radius 1 is 0.312 bits per heavy atom. The molecule has 0 bridgehead atoms.